The molecule has 12 heteroatoms. The third-order valence-corrected chi connectivity index (χ3v) is 6.31. The van der Waals surface area contributed by atoms with E-state index in [1.54, 1.807) is 18.7 Å². The van der Waals surface area contributed by atoms with Gasteiger partial charge in [-0.05, 0) is 20.3 Å². The predicted octanol–water partition coefficient (Wildman–Crippen LogP) is -1.82. The Morgan fingerprint density at radius 2 is 1.26 bits per heavy atom. The molecular weight excluding hydrogens is 466 g/mol. The maximum absolute atomic E-state index is 10.6. The van der Waals surface area contributed by atoms with Crippen LogP contribution in [0.5, 0.6) is 0 Å². The molecule has 0 aromatic heterocycles. The van der Waals surface area contributed by atoms with E-state index in [1.807, 2.05) is 0 Å². The van der Waals surface area contributed by atoms with Crippen molar-refractivity contribution in [3.05, 3.63) is 0 Å². The molecule has 0 spiro atoms. The lowest BCUT2D eigenvalue weighted by molar-refractivity contribution is -0.135. The first kappa shape index (κ1) is 30.7. The van der Waals surface area contributed by atoms with Crippen LogP contribution in [0.25, 0.3) is 0 Å². The second kappa shape index (κ2) is 15.7. The Hall–Kier alpha value is -0.480. The number of ether oxygens (including phenoxy) is 5. The van der Waals surface area contributed by atoms with Crippen LogP contribution in [0.15, 0.2) is 0 Å². The smallest absolute Gasteiger partial charge is 0.155 e. The molecule has 35 heavy (non-hydrogen) atoms. The summed E-state index contributed by atoms with van der Waals surface area (Å²) >= 11 is 0. The lowest BCUT2D eigenvalue weighted by Crippen LogP contribution is -2.53. The second-order valence-electron chi connectivity index (χ2n) is 9.33. The van der Waals surface area contributed by atoms with E-state index in [9.17, 15) is 30.6 Å². The molecule has 2 fully saturated rings. The summed E-state index contributed by atoms with van der Waals surface area (Å²) in [5.41, 5.74) is 0. The van der Waals surface area contributed by atoms with Crippen LogP contribution in [0.1, 0.15) is 40.0 Å². The van der Waals surface area contributed by atoms with Gasteiger partial charge < -0.3 is 54.3 Å². The van der Waals surface area contributed by atoms with Gasteiger partial charge in [0.05, 0.1) is 32.0 Å². The van der Waals surface area contributed by atoms with Crippen molar-refractivity contribution in [3.63, 3.8) is 0 Å². The zero-order valence-electron chi connectivity index (χ0n) is 21.0. The number of aliphatic hydroxyl groups excluding tert-OH is 6. The van der Waals surface area contributed by atoms with Gasteiger partial charge in [-0.15, -0.1) is 0 Å². The molecule has 0 aromatic rings. The van der Waals surface area contributed by atoms with Crippen LogP contribution in [-0.4, -0.2) is 143 Å². The highest BCUT2D eigenvalue weighted by Crippen LogP contribution is 2.20. The molecule has 0 unspecified atom stereocenters. The summed E-state index contributed by atoms with van der Waals surface area (Å²) in [6.07, 6.45) is -8.11. The van der Waals surface area contributed by atoms with Gasteiger partial charge in [-0.1, -0.05) is 19.8 Å². The highest BCUT2D eigenvalue weighted by molar-refractivity contribution is 4.88. The summed E-state index contributed by atoms with van der Waals surface area (Å²) in [7, 11) is 0. The normalized spacial score (nSPS) is 30.3. The van der Waals surface area contributed by atoms with Crippen molar-refractivity contribution in [1.82, 2.24) is 4.90 Å². The standard InChI is InChI=1S/C23H45NO11/c1-4-5-6-8-31-9-7-24(10-16(25)20(27)22(29)18-12-32-14(2)34-18)11-17(26)21(28)23(30)19-13-33-15(3)35-19/h14-23,25-30H,4-13H2,1-3H3/t14-,15-,16+,17+,18-,19-,20-,21-,22-,23-/m1/s1. The SMILES string of the molecule is CCCCCOCCN(C[C@H](O)[C@@H](O)[C@H](O)[C@H]1CO[C@@H](C)O1)C[C@H](O)[C@@H](O)[C@H](O)[C@H]1CO[C@@H](C)O1. The zero-order chi connectivity index (χ0) is 26.0. The first-order valence-corrected chi connectivity index (χ1v) is 12.6. The Morgan fingerprint density at radius 1 is 0.771 bits per heavy atom. The summed E-state index contributed by atoms with van der Waals surface area (Å²) in [5, 5.41) is 62.9. The molecule has 0 radical (unpaired) electrons. The number of aliphatic hydroxyl groups is 6. The zero-order valence-corrected chi connectivity index (χ0v) is 21.0. The van der Waals surface area contributed by atoms with Crippen molar-refractivity contribution in [3.8, 4) is 0 Å². The summed E-state index contributed by atoms with van der Waals surface area (Å²) in [6, 6.07) is 0. The van der Waals surface area contributed by atoms with Gasteiger partial charge in [0.1, 0.15) is 36.6 Å². The molecule has 0 amide bonds. The minimum atomic E-state index is -1.53. The molecule has 2 heterocycles. The number of unbranched alkanes of at least 4 members (excludes halogenated alkanes) is 2. The molecule has 2 aliphatic heterocycles. The van der Waals surface area contributed by atoms with Gasteiger partial charge in [0.25, 0.3) is 0 Å². The summed E-state index contributed by atoms with van der Waals surface area (Å²) in [6.45, 7) is 6.52. The van der Waals surface area contributed by atoms with Crippen molar-refractivity contribution < 1.29 is 54.3 Å². The van der Waals surface area contributed by atoms with E-state index in [1.165, 1.54) is 0 Å². The summed E-state index contributed by atoms with van der Waals surface area (Å²) < 4.78 is 26.9. The molecule has 2 aliphatic rings. The maximum atomic E-state index is 10.6. The molecule has 0 aromatic carbocycles. The van der Waals surface area contributed by atoms with E-state index in [0.29, 0.717) is 13.2 Å². The monoisotopic (exact) mass is 511 g/mol. The molecule has 0 bridgehead atoms. The van der Waals surface area contributed by atoms with E-state index in [2.05, 4.69) is 6.92 Å². The Balaban J connectivity index is 1.92. The van der Waals surface area contributed by atoms with Crippen LogP contribution < -0.4 is 0 Å². The van der Waals surface area contributed by atoms with E-state index < -0.39 is 61.4 Å². The fourth-order valence-corrected chi connectivity index (χ4v) is 4.12. The largest absolute Gasteiger partial charge is 0.389 e. The highest BCUT2D eigenvalue weighted by atomic mass is 16.7. The second-order valence-corrected chi connectivity index (χ2v) is 9.33. The fourth-order valence-electron chi connectivity index (χ4n) is 4.12. The van der Waals surface area contributed by atoms with Crippen molar-refractivity contribution in [2.75, 3.05) is 46.1 Å². The molecule has 10 atom stereocenters. The number of nitrogens with zero attached hydrogens (tertiary/aromatic N) is 1. The first-order valence-electron chi connectivity index (χ1n) is 12.6. The molecule has 0 aliphatic carbocycles. The van der Waals surface area contributed by atoms with Gasteiger partial charge in [0, 0.05) is 26.2 Å². The maximum Gasteiger partial charge on any atom is 0.155 e. The van der Waals surface area contributed by atoms with Gasteiger partial charge in [-0.2, -0.15) is 0 Å². The molecule has 208 valence electrons. The average molecular weight is 512 g/mol. The van der Waals surface area contributed by atoms with E-state index >= 15 is 0 Å². The molecule has 12 nitrogen and oxygen atoms in total. The topological polar surface area (TPSA) is 171 Å². The third-order valence-electron chi connectivity index (χ3n) is 6.31. The van der Waals surface area contributed by atoms with Crippen molar-refractivity contribution >= 4 is 0 Å². The quantitative estimate of drug-likeness (QED) is 0.121. The van der Waals surface area contributed by atoms with Gasteiger partial charge in [-0.25, -0.2) is 0 Å². The van der Waals surface area contributed by atoms with Crippen molar-refractivity contribution in [2.24, 2.45) is 0 Å². The number of hydrogen-bond acceptors (Lipinski definition) is 12. The summed E-state index contributed by atoms with van der Waals surface area (Å²) in [4.78, 5) is 1.60. The van der Waals surface area contributed by atoms with Gasteiger partial charge >= 0.3 is 0 Å². The molecule has 0 saturated carbocycles. The minimum absolute atomic E-state index is 0.0930. The highest BCUT2D eigenvalue weighted by Gasteiger charge is 2.39. The van der Waals surface area contributed by atoms with Crippen LogP contribution in [0.3, 0.4) is 0 Å². The van der Waals surface area contributed by atoms with E-state index in [4.69, 9.17) is 23.7 Å². The lowest BCUT2D eigenvalue weighted by atomic mass is 10.0. The van der Waals surface area contributed by atoms with Crippen LogP contribution in [0.2, 0.25) is 0 Å². The first-order chi connectivity index (χ1) is 16.6. The Bertz CT molecular complexity index is 534. The fraction of sp³-hybridized carbons (Fsp3) is 1.00. The van der Waals surface area contributed by atoms with E-state index in [0.717, 1.165) is 19.3 Å². The Kier molecular flexibility index (Phi) is 13.8. The average Bonchev–Trinajstić information content (AvgIpc) is 3.47. The Morgan fingerprint density at radius 3 is 1.66 bits per heavy atom. The van der Waals surface area contributed by atoms with Crippen LogP contribution in [0.4, 0.5) is 0 Å². The number of rotatable bonds is 17. The van der Waals surface area contributed by atoms with Crippen LogP contribution in [0, 0.1) is 0 Å². The van der Waals surface area contributed by atoms with Crippen LogP contribution >= 0.6 is 0 Å². The lowest BCUT2D eigenvalue weighted by Gasteiger charge is -2.33. The molecule has 2 saturated heterocycles. The minimum Gasteiger partial charge on any atom is -0.389 e. The third kappa shape index (κ3) is 10.1. The van der Waals surface area contributed by atoms with E-state index in [-0.39, 0.29) is 32.8 Å². The summed E-state index contributed by atoms with van der Waals surface area (Å²) in [5.74, 6) is 0. The van der Waals surface area contributed by atoms with Crippen LogP contribution in [-0.2, 0) is 23.7 Å². The molecule has 6 N–H and O–H groups in total. The van der Waals surface area contributed by atoms with Gasteiger partial charge in [-0.3, -0.25) is 4.90 Å². The Labute approximate surface area is 207 Å². The van der Waals surface area contributed by atoms with Gasteiger partial charge in [0.15, 0.2) is 12.6 Å². The van der Waals surface area contributed by atoms with Gasteiger partial charge in [0.2, 0.25) is 0 Å². The number of hydrogen-bond donors (Lipinski definition) is 6. The molecular formula is C23H45NO11. The van der Waals surface area contributed by atoms with Crippen molar-refractivity contribution in [2.45, 2.75) is 101 Å². The van der Waals surface area contributed by atoms with Crippen molar-refractivity contribution in [1.29, 1.82) is 0 Å². The molecule has 2 rings (SSSR count). The predicted molar refractivity (Wildman–Crippen MR) is 123 cm³/mol.